The van der Waals surface area contributed by atoms with E-state index in [0.717, 1.165) is 9.47 Å². The fraction of sp³-hybridized carbons (Fsp3) is 0.333. The summed E-state index contributed by atoms with van der Waals surface area (Å²) >= 11 is 2.81. The molecule has 3 rings (SSSR count). The van der Waals surface area contributed by atoms with E-state index in [-0.39, 0.29) is 17.6 Å². The van der Waals surface area contributed by atoms with Crippen molar-refractivity contribution < 1.29 is 9.59 Å². The lowest BCUT2D eigenvalue weighted by atomic mass is 10.2. The summed E-state index contributed by atoms with van der Waals surface area (Å²) in [6.07, 6.45) is 2.37. The monoisotopic (exact) mass is 363 g/mol. The third-order valence-corrected chi connectivity index (χ3v) is 5.09. The van der Waals surface area contributed by atoms with Crippen LogP contribution < -0.4 is 16.0 Å². The number of hydrogen-bond donors (Lipinski definition) is 3. The summed E-state index contributed by atoms with van der Waals surface area (Å²) in [5.74, 6) is -0.0320. The molecule has 1 fully saturated rings. The van der Waals surface area contributed by atoms with Crippen LogP contribution in [-0.4, -0.2) is 33.8 Å². The number of hydrogen-bond acceptors (Lipinski definition) is 7. The quantitative estimate of drug-likeness (QED) is 0.655. The highest BCUT2D eigenvalue weighted by atomic mass is 32.2. The zero-order valence-corrected chi connectivity index (χ0v) is 14.7. The van der Waals surface area contributed by atoms with Crippen LogP contribution in [0, 0.1) is 0 Å². The van der Waals surface area contributed by atoms with Crippen LogP contribution in [-0.2, 0) is 9.59 Å². The zero-order chi connectivity index (χ0) is 16.9. The number of benzene rings is 1. The Morgan fingerprint density at radius 3 is 2.71 bits per heavy atom. The van der Waals surface area contributed by atoms with E-state index in [1.165, 1.54) is 42.9 Å². The summed E-state index contributed by atoms with van der Waals surface area (Å²) in [6, 6.07) is 7.56. The molecule has 0 aliphatic heterocycles. The maximum atomic E-state index is 12.0. The highest BCUT2D eigenvalue weighted by Crippen LogP contribution is 2.30. The fourth-order valence-corrected chi connectivity index (χ4v) is 3.56. The number of nitrogens with zero attached hydrogens (tertiary/aromatic N) is 2. The fourth-order valence-electron chi connectivity index (χ4n) is 1.93. The average molecular weight is 363 g/mol. The number of nitrogens with one attached hydrogen (secondary N) is 3. The summed E-state index contributed by atoms with van der Waals surface area (Å²) in [7, 11) is 0. The minimum atomic E-state index is -0.152. The number of carbonyl (C=O) groups is 2. The van der Waals surface area contributed by atoms with Crippen LogP contribution in [0.2, 0.25) is 0 Å². The second-order valence-electron chi connectivity index (χ2n) is 5.39. The van der Waals surface area contributed by atoms with E-state index in [2.05, 4.69) is 26.1 Å². The van der Waals surface area contributed by atoms with Gasteiger partial charge in [-0.1, -0.05) is 29.2 Å². The minimum Gasteiger partial charge on any atom is -0.357 e. The van der Waals surface area contributed by atoms with Gasteiger partial charge in [0.1, 0.15) is 0 Å². The van der Waals surface area contributed by atoms with E-state index in [1.54, 1.807) is 24.3 Å². The van der Waals surface area contributed by atoms with Gasteiger partial charge in [0.25, 0.3) is 0 Å². The Bertz CT molecular complexity index is 745. The number of aromatic nitrogens is 2. The van der Waals surface area contributed by atoms with Crippen molar-refractivity contribution in [1.29, 1.82) is 0 Å². The smallest absolute Gasteiger partial charge is 0.234 e. The Morgan fingerprint density at radius 1 is 1.25 bits per heavy atom. The van der Waals surface area contributed by atoms with Gasteiger partial charge in [0.15, 0.2) is 4.34 Å². The van der Waals surface area contributed by atoms with Crippen molar-refractivity contribution in [2.24, 2.45) is 0 Å². The third kappa shape index (κ3) is 5.20. The molecule has 1 aliphatic rings. The number of anilines is 3. The molecule has 1 heterocycles. The highest BCUT2D eigenvalue weighted by Gasteiger charge is 2.22. The predicted molar refractivity (Wildman–Crippen MR) is 96.7 cm³/mol. The van der Waals surface area contributed by atoms with Gasteiger partial charge in [-0.15, -0.1) is 10.2 Å². The number of carbonyl (C=O) groups excluding carboxylic acids is 2. The second kappa shape index (κ2) is 7.63. The second-order valence-corrected chi connectivity index (χ2v) is 7.59. The van der Waals surface area contributed by atoms with Gasteiger partial charge in [-0.25, -0.2) is 0 Å². The van der Waals surface area contributed by atoms with Gasteiger partial charge in [0.2, 0.25) is 16.9 Å². The Labute approximate surface area is 147 Å². The average Bonchev–Trinajstić information content (AvgIpc) is 3.22. The number of thioether (sulfide) groups is 1. The zero-order valence-electron chi connectivity index (χ0n) is 13.0. The van der Waals surface area contributed by atoms with Crippen molar-refractivity contribution in [3.8, 4) is 0 Å². The molecule has 1 saturated carbocycles. The van der Waals surface area contributed by atoms with E-state index < -0.39 is 0 Å². The first kappa shape index (κ1) is 16.7. The standard InChI is InChI=1S/C15H17N5O2S2/c1-9(21)16-11-3-2-4-12(7-11)17-13(22)8-23-15-20-19-14(24-15)18-10-5-6-10/h2-4,7,10H,5-6,8H2,1H3,(H,16,21)(H,17,22)(H,18,19). The topological polar surface area (TPSA) is 96.0 Å². The summed E-state index contributed by atoms with van der Waals surface area (Å²) in [5.41, 5.74) is 1.29. The van der Waals surface area contributed by atoms with Crippen LogP contribution in [0.1, 0.15) is 19.8 Å². The normalized spacial score (nSPS) is 13.4. The first-order valence-corrected chi connectivity index (χ1v) is 9.29. The molecule has 0 saturated heterocycles. The van der Waals surface area contributed by atoms with Gasteiger partial charge < -0.3 is 16.0 Å². The van der Waals surface area contributed by atoms with Crippen LogP contribution in [0.3, 0.4) is 0 Å². The molecule has 1 aromatic heterocycles. The highest BCUT2D eigenvalue weighted by molar-refractivity contribution is 8.01. The largest absolute Gasteiger partial charge is 0.357 e. The summed E-state index contributed by atoms with van der Waals surface area (Å²) in [4.78, 5) is 23.1. The molecule has 2 aromatic rings. The lowest BCUT2D eigenvalue weighted by Gasteiger charge is -2.07. The van der Waals surface area contributed by atoms with Gasteiger partial charge in [-0.2, -0.15) is 0 Å². The van der Waals surface area contributed by atoms with Crippen molar-refractivity contribution in [3.05, 3.63) is 24.3 Å². The summed E-state index contributed by atoms with van der Waals surface area (Å²) < 4.78 is 0.764. The molecule has 0 spiro atoms. The Hall–Kier alpha value is -2.13. The molecule has 2 amide bonds. The first-order chi connectivity index (χ1) is 11.6. The molecule has 126 valence electrons. The van der Waals surface area contributed by atoms with Crippen molar-refractivity contribution in [3.63, 3.8) is 0 Å². The molecule has 7 nitrogen and oxygen atoms in total. The van der Waals surface area contributed by atoms with Gasteiger partial charge in [0.05, 0.1) is 5.75 Å². The maximum Gasteiger partial charge on any atom is 0.234 e. The molecule has 24 heavy (non-hydrogen) atoms. The molecule has 3 N–H and O–H groups in total. The van der Waals surface area contributed by atoms with E-state index >= 15 is 0 Å². The van der Waals surface area contributed by atoms with E-state index in [1.807, 2.05) is 0 Å². The molecule has 1 aromatic carbocycles. The number of rotatable bonds is 7. The van der Waals surface area contributed by atoms with Crippen LogP contribution in [0.25, 0.3) is 0 Å². The van der Waals surface area contributed by atoms with Crippen molar-refractivity contribution in [2.75, 3.05) is 21.7 Å². The van der Waals surface area contributed by atoms with Crippen LogP contribution in [0.4, 0.5) is 16.5 Å². The number of amides is 2. The summed E-state index contributed by atoms with van der Waals surface area (Å²) in [6.45, 7) is 1.44. The lowest BCUT2D eigenvalue weighted by Crippen LogP contribution is -2.14. The Morgan fingerprint density at radius 2 is 2.00 bits per heavy atom. The van der Waals surface area contributed by atoms with Crippen LogP contribution in [0.15, 0.2) is 28.6 Å². The molecule has 0 unspecified atom stereocenters. The predicted octanol–water partition coefficient (Wildman–Crippen LogP) is 2.80. The van der Waals surface area contributed by atoms with Crippen molar-refractivity contribution in [1.82, 2.24) is 10.2 Å². The molecular weight excluding hydrogens is 346 g/mol. The third-order valence-electron chi connectivity index (χ3n) is 3.10. The molecule has 0 radical (unpaired) electrons. The Kier molecular flexibility index (Phi) is 5.31. The van der Waals surface area contributed by atoms with Gasteiger partial charge in [-0.3, -0.25) is 9.59 Å². The van der Waals surface area contributed by atoms with E-state index in [0.29, 0.717) is 17.4 Å². The molecule has 1 aliphatic carbocycles. The van der Waals surface area contributed by atoms with Crippen LogP contribution in [0.5, 0.6) is 0 Å². The van der Waals surface area contributed by atoms with Crippen molar-refractivity contribution in [2.45, 2.75) is 30.1 Å². The first-order valence-electron chi connectivity index (χ1n) is 7.49. The van der Waals surface area contributed by atoms with E-state index in [4.69, 9.17) is 0 Å². The maximum absolute atomic E-state index is 12.0. The van der Waals surface area contributed by atoms with Gasteiger partial charge in [-0.05, 0) is 31.0 Å². The SMILES string of the molecule is CC(=O)Nc1cccc(NC(=O)CSc2nnc(NC3CC3)s2)c1. The van der Waals surface area contributed by atoms with Crippen LogP contribution >= 0.6 is 23.1 Å². The Balaban J connectivity index is 1.48. The van der Waals surface area contributed by atoms with E-state index in [9.17, 15) is 9.59 Å². The molecule has 9 heteroatoms. The molecule has 0 atom stereocenters. The summed E-state index contributed by atoms with van der Waals surface area (Å²) in [5, 5.41) is 17.7. The van der Waals surface area contributed by atoms with Crippen molar-refractivity contribution >= 4 is 51.4 Å². The molecule has 0 bridgehead atoms. The lowest BCUT2D eigenvalue weighted by molar-refractivity contribution is -0.114. The van der Waals surface area contributed by atoms with Gasteiger partial charge >= 0.3 is 0 Å². The molecular formula is C15H17N5O2S2. The van der Waals surface area contributed by atoms with Gasteiger partial charge in [0, 0.05) is 24.3 Å². The minimum absolute atomic E-state index is 0.133.